The number of amides is 2. The molecule has 2 heterocycles. The van der Waals surface area contributed by atoms with Crippen LogP contribution in [0.5, 0.6) is 0 Å². The maximum Gasteiger partial charge on any atom is 0.283 e. The van der Waals surface area contributed by atoms with Crippen LogP contribution in [0.2, 0.25) is 15.1 Å². The average molecular weight is 708 g/mol. The molecule has 0 spiro atoms. The molecular weight excluding hydrogens is 693 g/mol. The summed E-state index contributed by atoms with van der Waals surface area (Å²) in [5, 5.41) is 3.91. The Balaban J connectivity index is 1.34. The minimum atomic E-state index is -4.57. The lowest BCUT2D eigenvalue weighted by Crippen LogP contribution is -2.36. The Kier molecular flexibility index (Phi) is 8.12. The van der Waals surface area contributed by atoms with Gasteiger partial charge in [0.15, 0.2) is 0 Å². The molecule has 6 nitrogen and oxygen atoms in total. The molecule has 44 heavy (non-hydrogen) atoms. The summed E-state index contributed by atoms with van der Waals surface area (Å²) < 4.78 is 56.9. The van der Waals surface area contributed by atoms with Crippen molar-refractivity contribution in [2.75, 3.05) is 9.62 Å². The van der Waals surface area contributed by atoms with Gasteiger partial charge in [0.25, 0.3) is 21.8 Å². The van der Waals surface area contributed by atoms with E-state index in [2.05, 4.69) is 5.32 Å². The fraction of sp³-hybridized carbons (Fsp3) is 0. The summed E-state index contributed by atoms with van der Waals surface area (Å²) >= 11 is 20.9. The number of hydrogen-bond acceptors (Lipinski definition) is 6. The van der Waals surface area contributed by atoms with Crippen LogP contribution in [-0.2, 0) is 10.0 Å². The summed E-state index contributed by atoms with van der Waals surface area (Å²) in [7, 11) is -4.57. The van der Waals surface area contributed by atoms with Crippen molar-refractivity contribution in [1.82, 2.24) is 0 Å². The van der Waals surface area contributed by atoms with Crippen LogP contribution in [0.15, 0.2) is 89.8 Å². The van der Waals surface area contributed by atoms with E-state index >= 15 is 0 Å². The monoisotopic (exact) mass is 706 g/mol. The van der Waals surface area contributed by atoms with Crippen molar-refractivity contribution >= 4 is 111 Å². The molecule has 6 rings (SSSR count). The second kappa shape index (κ2) is 11.7. The Labute approximate surface area is 272 Å². The standard InChI is InChI=1S/C30H15Cl3F2N2O4S3/c31-15-2-1-3-19(12-15)37(30(39)28-26(33)22-11-5-17(35)14-24(22)43-28)44(40,41)20-8-6-18(7-9-20)36-29(38)27-25(32)21-10-4-16(34)13-23(21)42-27/h1-14H,(H,36,38). The zero-order chi connectivity index (χ0) is 31.3. The Hall–Kier alpha value is -3.58. The summed E-state index contributed by atoms with van der Waals surface area (Å²) in [6.45, 7) is 0. The summed E-state index contributed by atoms with van der Waals surface area (Å²) in [5.74, 6) is -2.54. The molecule has 4 aromatic carbocycles. The molecule has 0 radical (unpaired) electrons. The number of carbonyl (C=O) groups is 2. The van der Waals surface area contributed by atoms with Gasteiger partial charge in [0.2, 0.25) is 0 Å². The highest BCUT2D eigenvalue weighted by Crippen LogP contribution is 2.39. The van der Waals surface area contributed by atoms with Crippen LogP contribution >= 0.6 is 57.5 Å². The van der Waals surface area contributed by atoms with E-state index in [0.717, 1.165) is 22.7 Å². The van der Waals surface area contributed by atoms with Gasteiger partial charge in [0.05, 0.1) is 20.6 Å². The molecule has 0 saturated carbocycles. The maximum atomic E-state index is 14.0. The number of thiophene rings is 2. The first-order valence-corrected chi connectivity index (χ1v) is 16.7. The highest BCUT2D eigenvalue weighted by molar-refractivity contribution is 7.93. The van der Waals surface area contributed by atoms with E-state index in [0.29, 0.717) is 24.5 Å². The largest absolute Gasteiger partial charge is 0.321 e. The summed E-state index contributed by atoms with van der Waals surface area (Å²) in [6.07, 6.45) is 0. The highest BCUT2D eigenvalue weighted by Gasteiger charge is 2.34. The zero-order valence-electron chi connectivity index (χ0n) is 21.8. The molecule has 0 fully saturated rings. The van der Waals surface area contributed by atoms with Gasteiger partial charge in [0, 0.05) is 30.9 Å². The molecule has 0 saturated heterocycles. The van der Waals surface area contributed by atoms with Gasteiger partial charge in [0.1, 0.15) is 21.4 Å². The number of fused-ring (bicyclic) bond motifs is 2. The van der Waals surface area contributed by atoms with Crippen LogP contribution in [0, 0.1) is 11.6 Å². The van der Waals surface area contributed by atoms with Gasteiger partial charge in [-0.2, -0.15) is 4.31 Å². The van der Waals surface area contributed by atoms with Gasteiger partial charge in [-0.25, -0.2) is 17.2 Å². The number of benzene rings is 4. The second-order valence-electron chi connectivity index (χ2n) is 9.30. The third-order valence-electron chi connectivity index (χ3n) is 6.46. The fourth-order valence-electron chi connectivity index (χ4n) is 4.42. The van der Waals surface area contributed by atoms with Gasteiger partial charge in [-0.15, -0.1) is 22.7 Å². The van der Waals surface area contributed by atoms with Gasteiger partial charge in [-0.05, 0) is 78.9 Å². The molecule has 0 unspecified atom stereocenters. The zero-order valence-corrected chi connectivity index (χ0v) is 26.5. The lowest BCUT2D eigenvalue weighted by atomic mass is 10.2. The fourth-order valence-corrected chi connectivity index (χ4v) is 8.96. The van der Waals surface area contributed by atoms with E-state index in [4.69, 9.17) is 34.8 Å². The van der Waals surface area contributed by atoms with E-state index in [1.165, 1.54) is 84.9 Å². The molecule has 6 aromatic rings. The highest BCUT2D eigenvalue weighted by atomic mass is 35.5. The predicted octanol–water partition coefficient (Wildman–Crippen LogP) is 9.64. The molecule has 2 amide bonds. The Bertz CT molecular complexity index is 2240. The molecular formula is C30H15Cl3F2N2O4S3. The quantitative estimate of drug-likeness (QED) is 0.187. The maximum absolute atomic E-state index is 14.0. The smallest absolute Gasteiger partial charge is 0.283 e. The number of sulfonamides is 1. The van der Waals surface area contributed by atoms with Crippen molar-refractivity contribution in [2.45, 2.75) is 4.90 Å². The van der Waals surface area contributed by atoms with Crippen molar-refractivity contribution in [3.8, 4) is 0 Å². The van der Waals surface area contributed by atoms with Crippen LogP contribution in [0.3, 0.4) is 0 Å². The first kappa shape index (κ1) is 30.4. The molecule has 222 valence electrons. The number of nitrogens with zero attached hydrogens (tertiary/aromatic N) is 1. The van der Waals surface area contributed by atoms with Crippen LogP contribution in [0.1, 0.15) is 19.3 Å². The molecule has 1 N–H and O–H groups in total. The molecule has 2 aromatic heterocycles. The van der Waals surface area contributed by atoms with Crippen LogP contribution in [0.4, 0.5) is 20.2 Å². The Morgan fingerprint density at radius 3 is 1.89 bits per heavy atom. The lowest BCUT2D eigenvalue weighted by molar-refractivity contribution is 0.101. The van der Waals surface area contributed by atoms with E-state index < -0.39 is 33.5 Å². The Morgan fingerprint density at radius 2 is 1.30 bits per heavy atom. The van der Waals surface area contributed by atoms with E-state index in [1.54, 1.807) is 0 Å². The number of halogens is 5. The first-order chi connectivity index (χ1) is 20.9. The predicted molar refractivity (Wildman–Crippen MR) is 173 cm³/mol. The van der Waals surface area contributed by atoms with Gasteiger partial charge >= 0.3 is 0 Å². The SMILES string of the molecule is O=C(Nc1ccc(S(=O)(=O)N(C(=O)c2sc3cc(F)ccc3c2Cl)c2cccc(Cl)c2)cc1)c1sc2cc(F)ccc2c1Cl. The summed E-state index contributed by atoms with van der Waals surface area (Å²) in [5.41, 5.74) is 0.194. The normalized spacial score (nSPS) is 11.7. The number of nitrogens with one attached hydrogen (secondary N) is 1. The van der Waals surface area contributed by atoms with E-state index in [-0.39, 0.29) is 41.1 Å². The van der Waals surface area contributed by atoms with Crippen LogP contribution < -0.4 is 9.62 Å². The minimum absolute atomic E-state index is 0.0158. The average Bonchev–Trinajstić information content (AvgIpc) is 3.48. The Morgan fingerprint density at radius 1 is 0.727 bits per heavy atom. The number of rotatable bonds is 6. The molecule has 0 bridgehead atoms. The van der Waals surface area contributed by atoms with Crippen molar-refractivity contribution in [3.63, 3.8) is 0 Å². The van der Waals surface area contributed by atoms with E-state index in [9.17, 15) is 26.8 Å². The van der Waals surface area contributed by atoms with Crippen molar-refractivity contribution < 1.29 is 26.8 Å². The lowest BCUT2D eigenvalue weighted by Gasteiger charge is -2.22. The number of hydrogen-bond donors (Lipinski definition) is 1. The molecule has 0 aliphatic heterocycles. The van der Waals surface area contributed by atoms with E-state index in [1.807, 2.05) is 0 Å². The summed E-state index contributed by atoms with van der Waals surface area (Å²) in [4.78, 5) is 26.6. The minimum Gasteiger partial charge on any atom is -0.321 e. The third-order valence-corrected chi connectivity index (χ3v) is 11.7. The van der Waals surface area contributed by atoms with Gasteiger partial charge in [-0.1, -0.05) is 40.9 Å². The van der Waals surface area contributed by atoms with Crippen molar-refractivity contribution in [1.29, 1.82) is 0 Å². The van der Waals surface area contributed by atoms with Crippen LogP contribution in [0.25, 0.3) is 20.2 Å². The summed E-state index contributed by atoms with van der Waals surface area (Å²) in [6, 6.07) is 18.7. The third kappa shape index (κ3) is 5.55. The van der Waals surface area contributed by atoms with Gasteiger partial charge < -0.3 is 5.32 Å². The van der Waals surface area contributed by atoms with Crippen molar-refractivity contribution in [2.24, 2.45) is 0 Å². The molecule has 0 aliphatic carbocycles. The second-order valence-corrected chi connectivity index (χ2v) is 14.4. The topological polar surface area (TPSA) is 83.6 Å². The van der Waals surface area contributed by atoms with Gasteiger partial charge in [-0.3, -0.25) is 9.59 Å². The first-order valence-electron chi connectivity index (χ1n) is 12.5. The van der Waals surface area contributed by atoms with Crippen molar-refractivity contribution in [3.05, 3.63) is 121 Å². The van der Waals surface area contributed by atoms with Crippen LogP contribution in [-0.4, -0.2) is 20.2 Å². The molecule has 0 atom stereocenters. The number of carbonyl (C=O) groups excluding carboxylic acids is 2. The molecule has 14 heteroatoms. The number of anilines is 2. The molecule has 0 aliphatic rings.